The molecule has 0 spiro atoms. The van der Waals surface area contributed by atoms with Crippen molar-refractivity contribution in [1.82, 2.24) is 5.32 Å². The van der Waals surface area contributed by atoms with Gasteiger partial charge >= 0.3 is 12.1 Å². The van der Waals surface area contributed by atoms with Crippen molar-refractivity contribution in [3.8, 4) is 5.75 Å². The molecule has 0 heterocycles. The summed E-state index contributed by atoms with van der Waals surface area (Å²) in [6, 6.07) is 4.53. The first-order chi connectivity index (χ1) is 8.93. The molecule has 2 N–H and O–H groups in total. The average molecular weight is 267 g/mol. The van der Waals surface area contributed by atoms with Gasteiger partial charge in [0.1, 0.15) is 11.3 Å². The quantitative estimate of drug-likeness (QED) is 0.842. The van der Waals surface area contributed by atoms with Gasteiger partial charge in [0.25, 0.3) is 5.91 Å². The molecule has 7 heteroatoms. The molecule has 1 aromatic carbocycles. The lowest BCUT2D eigenvalue weighted by molar-refractivity contribution is -0.122. The number of ether oxygens (including phenoxy) is 2. The zero-order valence-electron chi connectivity index (χ0n) is 10.4. The van der Waals surface area contributed by atoms with Crippen LogP contribution in [0.5, 0.6) is 5.75 Å². The number of carbonyl (C=O) groups excluding carboxylic acids is 2. The number of aromatic carboxylic acids is 1. The van der Waals surface area contributed by atoms with Gasteiger partial charge in [-0.2, -0.15) is 0 Å². The van der Waals surface area contributed by atoms with Crippen molar-refractivity contribution in [3.63, 3.8) is 0 Å². The highest BCUT2D eigenvalue weighted by Crippen LogP contribution is 2.19. The summed E-state index contributed by atoms with van der Waals surface area (Å²) < 4.78 is 9.29. The summed E-state index contributed by atoms with van der Waals surface area (Å²) in [7, 11) is 1.12. The standard InChI is InChI=1S/C12H13NO6/c1-7-3-4-9(8(5-7)11(15)16)19-6-10(14)13-12(17)18-2/h3-5H,6H2,1-2H3,(H,15,16)(H,13,14,17). The zero-order chi connectivity index (χ0) is 14.4. The molecule has 1 aromatic rings. The predicted molar refractivity (Wildman–Crippen MR) is 64.2 cm³/mol. The van der Waals surface area contributed by atoms with Crippen molar-refractivity contribution in [2.24, 2.45) is 0 Å². The number of aryl methyl sites for hydroxylation is 1. The third kappa shape index (κ3) is 4.30. The summed E-state index contributed by atoms with van der Waals surface area (Å²) in [4.78, 5) is 33.0. The first-order valence-electron chi connectivity index (χ1n) is 5.28. The van der Waals surface area contributed by atoms with E-state index >= 15 is 0 Å². The molecular weight excluding hydrogens is 254 g/mol. The van der Waals surface area contributed by atoms with Crippen LogP contribution in [0.4, 0.5) is 4.79 Å². The minimum Gasteiger partial charge on any atom is -0.483 e. The van der Waals surface area contributed by atoms with Crippen LogP contribution in [0, 0.1) is 6.92 Å². The highest BCUT2D eigenvalue weighted by atomic mass is 16.5. The summed E-state index contributed by atoms with van der Waals surface area (Å²) in [5.41, 5.74) is 0.703. The molecule has 0 saturated heterocycles. The molecule has 7 nitrogen and oxygen atoms in total. The minimum absolute atomic E-state index is 0.0501. The normalized spacial score (nSPS) is 9.58. The monoisotopic (exact) mass is 267 g/mol. The third-order valence-electron chi connectivity index (χ3n) is 2.15. The average Bonchev–Trinajstić information content (AvgIpc) is 2.36. The summed E-state index contributed by atoms with van der Waals surface area (Å²) in [6.45, 7) is 1.25. The van der Waals surface area contributed by atoms with E-state index < -0.39 is 24.6 Å². The largest absolute Gasteiger partial charge is 0.483 e. The molecule has 102 valence electrons. The van der Waals surface area contributed by atoms with E-state index in [1.165, 1.54) is 12.1 Å². The van der Waals surface area contributed by atoms with E-state index in [0.29, 0.717) is 0 Å². The number of carboxylic acid groups (broad SMARTS) is 1. The number of nitrogens with one attached hydrogen (secondary N) is 1. The Balaban J connectivity index is 2.70. The highest BCUT2D eigenvalue weighted by molar-refractivity contribution is 5.93. The first kappa shape index (κ1) is 14.5. The molecule has 0 aliphatic carbocycles. The molecule has 2 amide bonds. The maximum Gasteiger partial charge on any atom is 0.413 e. The fourth-order valence-corrected chi connectivity index (χ4v) is 1.28. The molecule has 0 bridgehead atoms. The molecule has 0 saturated carbocycles. The van der Waals surface area contributed by atoms with Crippen molar-refractivity contribution in [1.29, 1.82) is 0 Å². The van der Waals surface area contributed by atoms with Crippen molar-refractivity contribution < 1.29 is 29.0 Å². The van der Waals surface area contributed by atoms with E-state index in [2.05, 4.69) is 4.74 Å². The Kier molecular flexibility index (Phi) is 4.87. The number of alkyl carbamates (subject to hydrolysis) is 1. The van der Waals surface area contributed by atoms with Crippen molar-refractivity contribution in [2.45, 2.75) is 6.92 Å². The molecular formula is C12H13NO6. The zero-order valence-corrected chi connectivity index (χ0v) is 10.4. The van der Waals surface area contributed by atoms with Gasteiger partial charge in [0.05, 0.1) is 7.11 Å². The molecule has 1 rings (SSSR count). The molecule has 0 aliphatic rings. The molecule has 0 fully saturated rings. The van der Waals surface area contributed by atoms with Gasteiger partial charge in [-0.05, 0) is 19.1 Å². The number of hydrogen-bond donors (Lipinski definition) is 2. The Morgan fingerprint density at radius 2 is 2.00 bits per heavy atom. The highest BCUT2D eigenvalue weighted by Gasteiger charge is 2.14. The second-order valence-electron chi connectivity index (χ2n) is 3.63. The summed E-state index contributed by atoms with van der Waals surface area (Å²) >= 11 is 0. The van der Waals surface area contributed by atoms with Gasteiger partial charge in [0.2, 0.25) is 0 Å². The van der Waals surface area contributed by atoms with E-state index in [0.717, 1.165) is 12.7 Å². The minimum atomic E-state index is -1.16. The van der Waals surface area contributed by atoms with Crippen LogP contribution in [0.15, 0.2) is 18.2 Å². The maximum absolute atomic E-state index is 11.2. The molecule has 0 aliphatic heterocycles. The van der Waals surface area contributed by atoms with E-state index in [4.69, 9.17) is 9.84 Å². The lowest BCUT2D eigenvalue weighted by atomic mass is 10.1. The fourth-order valence-electron chi connectivity index (χ4n) is 1.28. The SMILES string of the molecule is COC(=O)NC(=O)COc1ccc(C)cc1C(=O)O. The van der Waals surface area contributed by atoms with Crippen LogP contribution in [0.25, 0.3) is 0 Å². The van der Waals surface area contributed by atoms with E-state index in [1.54, 1.807) is 13.0 Å². The predicted octanol–water partition coefficient (Wildman–Crippen LogP) is 0.955. The Hall–Kier alpha value is -2.57. The Bertz CT molecular complexity index is 511. The van der Waals surface area contributed by atoms with Crippen LogP contribution in [0.2, 0.25) is 0 Å². The smallest absolute Gasteiger partial charge is 0.413 e. The van der Waals surface area contributed by atoms with Gasteiger partial charge in [-0.1, -0.05) is 11.6 Å². The van der Waals surface area contributed by atoms with Gasteiger partial charge in [0, 0.05) is 0 Å². The van der Waals surface area contributed by atoms with Gasteiger partial charge in [0.15, 0.2) is 6.61 Å². The molecule has 0 aromatic heterocycles. The van der Waals surface area contributed by atoms with E-state index in [-0.39, 0.29) is 11.3 Å². The number of hydrogen-bond acceptors (Lipinski definition) is 5. The topological polar surface area (TPSA) is 102 Å². The third-order valence-corrected chi connectivity index (χ3v) is 2.15. The number of carbonyl (C=O) groups is 3. The van der Waals surface area contributed by atoms with Crippen LogP contribution in [0.3, 0.4) is 0 Å². The Morgan fingerprint density at radius 3 is 2.58 bits per heavy atom. The Labute approximate surface area is 109 Å². The number of rotatable bonds is 4. The Morgan fingerprint density at radius 1 is 1.32 bits per heavy atom. The number of benzene rings is 1. The van der Waals surface area contributed by atoms with Crippen LogP contribution < -0.4 is 10.1 Å². The summed E-state index contributed by atoms with van der Waals surface area (Å²) in [5.74, 6) is -1.84. The second-order valence-corrected chi connectivity index (χ2v) is 3.63. The molecule has 0 atom stereocenters. The molecule has 0 unspecified atom stereocenters. The van der Waals surface area contributed by atoms with Crippen molar-refractivity contribution >= 4 is 18.0 Å². The maximum atomic E-state index is 11.2. The molecule has 19 heavy (non-hydrogen) atoms. The number of imide groups is 1. The van der Waals surface area contributed by atoms with E-state index in [9.17, 15) is 14.4 Å². The molecule has 0 radical (unpaired) electrons. The van der Waals surface area contributed by atoms with Gasteiger partial charge in [-0.15, -0.1) is 0 Å². The lowest BCUT2D eigenvalue weighted by Crippen LogP contribution is -2.34. The fraction of sp³-hybridized carbons (Fsp3) is 0.250. The van der Waals surface area contributed by atoms with Crippen LogP contribution in [0.1, 0.15) is 15.9 Å². The van der Waals surface area contributed by atoms with Crippen LogP contribution in [-0.2, 0) is 9.53 Å². The number of methoxy groups -OCH3 is 1. The second kappa shape index (κ2) is 6.39. The van der Waals surface area contributed by atoms with Crippen LogP contribution in [-0.4, -0.2) is 36.8 Å². The number of carboxylic acids is 1. The van der Waals surface area contributed by atoms with Crippen LogP contribution >= 0.6 is 0 Å². The lowest BCUT2D eigenvalue weighted by Gasteiger charge is -2.09. The first-order valence-corrected chi connectivity index (χ1v) is 5.28. The van der Waals surface area contributed by atoms with E-state index in [1.807, 2.05) is 5.32 Å². The van der Waals surface area contributed by atoms with Gasteiger partial charge in [-0.25, -0.2) is 9.59 Å². The summed E-state index contributed by atoms with van der Waals surface area (Å²) in [5, 5.41) is 10.9. The van der Waals surface area contributed by atoms with Gasteiger partial charge < -0.3 is 14.6 Å². The van der Waals surface area contributed by atoms with Crippen molar-refractivity contribution in [3.05, 3.63) is 29.3 Å². The summed E-state index contributed by atoms with van der Waals surface area (Å²) in [6.07, 6.45) is -0.907. The van der Waals surface area contributed by atoms with Gasteiger partial charge in [-0.3, -0.25) is 10.1 Å². The number of amides is 2. The van der Waals surface area contributed by atoms with Crippen molar-refractivity contribution in [2.75, 3.05) is 13.7 Å².